The highest BCUT2D eigenvalue weighted by molar-refractivity contribution is 5.74. The lowest BCUT2D eigenvalue weighted by molar-refractivity contribution is -0.122. The van der Waals surface area contributed by atoms with Gasteiger partial charge in [0.25, 0.3) is 6.47 Å². The molecule has 2 aromatic rings. The number of likely N-dealkylation sites (tertiary alicyclic amines) is 1. The van der Waals surface area contributed by atoms with Crippen LogP contribution in [0.3, 0.4) is 0 Å². The first-order valence-corrected chi connectivity index (χ1v) is 9.25. The summed E-state index contributed by atoms with van der Waals surface area (Å²) in [5.74, 6) is 0.842. The van der Waals surface area contributed by atoms with E-state index in [2.05, 4.69) is 20.4 Å². The predicted octanol–water partition coefficient (Wildman–Crippen LogP) is 1.30. The second-order valence-electron chi connectivity index (χ2n) is 6.60. The number of amides is 2. The number of urea groups is 1. The minimum atomic E-state index is -0.250. The van der Waals surface area contributed by atoms with Gasteiger partial charge in [-0.1, -0.05) is 18.2 Å². The number of nitrogens with one attached hydrogen (secondary N) is 1. The molecule has 1 aliphatic heterocycles. The third-order valence-corrected chi connectivity index (χ3v) is 4.35. The smallest absolute Gasteiger partial charge is 0.317 e. The van der Waals surface area contributed by atoms with Crippen LogP contribution in [0.5, 0.6) is 0 Å². The van der Waals surface area contributed by atoms with Crippen molar-refractivity contribution < 1.29 is 23.8 Å². The van der Waals surface area contributed by atoms with Crippen molar-refractivity contribution in [1.82, 2.24) is 25.3 Å². The van der Waals surface area contributed by atoms with Crippen LogP contribution < -0.4 is 5.32 Å². The van der Waals surface area contributed by atoms with E-state index in [1.165, 1.54) is 4.90 Å². The highest BCUT2D eigenvalue weighted by Gasteiger charge is 2.33. The number of ether oxygens (including phenoxy) is 1. The quantitative estimate of drug-likeness (QED) is 0.690. The molecule has 1 aromatic carbocycles. The summed E-state index contributed by atoms with van der Waals surface area (Å²) in [6.45, 7) is 4.16. The van der Waals surface area contributed by atoms with Gasteiger partial charge in [-0.2, -0.15) is 0 Å². The first kappa shape index (κ1) is 22.3. The Morgan fingerprint density at radius 1 is 1.38 bits per heavy atom. The number of benzene rings is 1. The molecule has 2 amide bonds. The van der Waals surface area contributed by atoms with Crippen molar-refractivity contribution >= 4 is 12.5 Å². The van der Waals surface area contributed by atoms with Gasteiger partial charge in [0.05, 0.1) is 12.1 Å². The van der Waals surface area contributed by atoms with Crippen molar-refractivity contribution in [2.45, 2.75) is 25.6 Å². The predicted molar refractivity (Wildman–Crippen MR) is 105 cm³/mol. The Kier molecular flexibility index (Phi) is 8.56. The first-order valence-electron chi connectivity index (χ1n) is 9.25. The molecule has 0 unspecified atom stereocenters. The third kappa shape index (κ3) is 6.54. The maximum atomic E-state index is 12.5. The van der Waals surface area contributed by atoms with Crippen molar-refractivity contribution in [3.63, 3.8) is 0 Å². The molecule has 3 rings (SSSR count). The molecular formula is C19H27N5O5. The number of rotatable bonds is 6. The lowest BCUT2D eigenvalue weighted by atomic mass is 10.2. The van der Waals surface area contributed by atoms with Gasteiger partial charge in [-0.3, -0.25) is 4.79 Å². The van der Waals surface area contributed by atoms with Gasteiger partial charge in [-0.25, -0.2) is 4.79 Å². The number of carbonyl (C=O) groups is 2. The molecule has 0 aliphatic carbocycles. The van der Waals surface area contributed by atoms with Crippen LogP contribution in [0.25, 0.3) is 11.5 Å². The number of nitrogens with zero attached hydrogens (tertiary/aromatic N) is 4. The Morgan fingerprint density at radius 3 is 2.72 bits per heavy atom. The molecule has 2 N–H and O–H groups in total. The molecule has 1 aromatic heterocycles. The van der Waals surface area contributed by atoms with E-state index in [1.807, 2.05) is 44.3 Å². The molecule has 10 heteroatoms. The van der Waals surface area contributed by atoms with E-state index in [-0.39, 0.29) is 31.2 Å². The van der Waals surface area contributed by atoms with Crippen molar-refractivity contribution in [2.75, 3.05) is 33.8 Å². The van der Waals surface area contributed by atoms with Crippen LogP contribution in [0.2, 0.25) is 0 Å². The second-order valence-corrected chi connectivity index (χ2v) is 6.60. The number of hydrogen-bond donors (Lipinski definition) is 2. The summed E-state index contributed by atoms with van der Waals surface area (Å²) >= 11 is 0. The molecule has 1 aliphatic rings. The minimum Gasteiger partial charge on any atom is -0.483 e. The van der Waals surface area contributed by atoms with Crippen LogP contribution >= 0.6 is 0 Å². The third-order valence-electron chi connectivity index (χ3n) is 4.35. The molecule has 2 atom stereocenters. The monoisotopic (exact) mass is 405 g/mol. The van der Waals surface area contributed by atoms with Gasteiger partial charge in [-0.15, -0.1) is 10.2 Å². The van der Waals surface area contributed by atoms with Crippen molar-refractivity contribution in [3.8, 4) is 11.5 Å². The van der Waals surface area contributed by atoms with Crippen molar-refractivity contribution in [2.24, 2.45) is 0 Å². The van der Waals surface area contributed by atoms with Crippen LogP contribution in [0.4, 0.5) is 4.79 Å². The number of aromatic nitrogens is 2. The zero-order valence-electron chi connectivity index (χ0n) is 16.8. The van der Waals surface area contributed by atoms with Crippen molar-refractivity contribution in [3.05, 3.63) is 36.2 Å². The summed E-state index contributed by atoms with van der Waals surface area (Å²) < 4.78 is 11.4. The van der Waals surface area contributed by atoms with E-state index in [4.69, 9.17) is 19.1 Å². The van der Waals surface area contributed by atoms with E-state index in [1.54, 1.807) is 7.05 Å². The van der Waals surface area contributed by atoms with Crippen LogP contribution in [0, 0.1) is 0 Å². The summed E-state index contributed by atoms with van der Waals surface area (Å²) in [5, 5.41) is 18.0. The molecule has 0 spiro atoms. The summed E-state index contributed by atoms with van der Waals surface area (Å²) in [6.07, 6.45) is 0.00966. The Labute approximate surface area is 169 Å². The molecule has 0 bridgehead atoms. The Hall–Kier alpha value is -2.98. The van der Waals surface area contributed by atoms with E-state index in [9.17, 15) is 4.79 Å². The topological polar surface area (TPSA) is 121 Å². The second kappa shape index (κ2) is 11.1. The maximum absolute atomic E-state index is 12.5. The van der Waals surface area contributed by atoms with E-state index < -0.39 is 0 Å². The van der Waals surface area contributed by atoms with Crippen LogP contribution in [-0.4, -0.2) is 83.5 Å². The standard InChI is InChI=1S/C18H25N5O3.CH2O2/c1-4-25-15-11-22(2)10-14(15)19-18(24)23(3)12-16-20-21-17(26-16)13-8-6-5-7-9-13;2-1-3/h5-9,14-15H,4,10-12H2,1-3H3,(H,19,24);1H,(H,2,3)/t14-,15-;/m0./s1. The molecule has 1 saturated heterocycles. The van der Waals surface area contributed by atoms with Crippen LogP contribution in [0.1, 0.15) is 12.8 Å². The average Bonchev–Trinajstić information content (AvgIpc) is 3.30. The fraction of sp³-hybridized carbons (Fsp3) is 0.474. The summed E-state index contributed by atoms with van der Waals surface area (Å²) in [5.41, 5.74) is 0.854. The summed E-state index contributed by atoms with van der Waals surface area (Å²) in [4.78, 5) is 24.5. The Bertz CT molecular complexity index is 769. The Balaban J connectivity index is 0.000000941. The number of carbonyl (C=O) groups excluding carboxylic acids is 1. The zero-order chi connectivity index (χ0) is 21.2. The average molecular weight is 405 g/mol. The number of likely N-dealkylation sites (N-methyl/N-ethyl adjacent to an activating group) is 1. The zero-order valence-corrected chi connectivity index (χ0v) is 16.8. The molecule has 0 saturated carbocycles. The van der Waals surface area contributed by atoms with Gasteiger partial charge in [0, 0.05) is 32.3 Å². The largest absolute Gasteiger partial charge is 0.483 e. The molecule has 2 heterocycles. The number of hydrogen-bond acceptors (Lipinski definition) is 7. The van der Waals surface area contributed by atoms with Crippen LogP contribution in [-0.2, 0) is 16.1 Å². The molecule has 158 valence electrons. The van der Waals surface area contributed by atoms with Gasteiger partial charge < -0.3 is 29.4 Å². The molecule has 0 radical (unpaired) electrons. The van der Waals surface area contributed by atoms with Gasteiger partial charge in [0.1, 0.15) is 6.54 Å². The lowest BCUT2D eigenvalue weighted by Crippen LogP contribution is -2.48. The van der Waals surface area contributed by atoms with Gasteiger partial charge >= 0.3 is 6.03 Å². The fourth-order valence-electron chi connectivity index (χ4n) is 3.04. The lowest BCUT2D eigenvalue weighted by Gasteiger charge is -2.23. The summed E-state index contributed by atoms with van der Waals surface area (Å²) in [6, 6.07) is 9.33. The molecular weight excluding hydrogens is 378 g/mol. The summed E-state index contributed by atoms with van der Waals surface area (Å²) in [7, 11) is 3.72. The fourth-order valence-corrected chi connectivity index (χ4v) is 3.04. The normalized spacial score (nSPS) is 18.6. The first-order chi connectivity index (χ1) is 14.0. The highest BCUT2D eigenvalue weighted by atomic mass is 16.5. The van der Waals surface area contributed by atoms with Gasteiger partial charge in [0.2, 0.25) is 11.8 Å². The van der Waals surface area contributed by atoms with Gasteiger partial charge in [0.15, 0.2) is 0 Å². The van der Waals surface area contributed by atoms with E-state index in [0.717, 1.165) is 18.7 Å². The molecule has 1 fully saturated rings. The van der Waals surface area contributed by atoms with Crippen LogP contribution in [0.15, 0.2) is 34.7 Å². The van der Waals surface area contributed by atoms with E-state index in [0.29, 0.717) is 18.4 Å². The van der Waals surface area contributed by atoms with Gasteiger partial charge in [-0.05, 0) is 26.1 Å². The molecule has 29 heavy (non-hydrogen) atoms. The highest BCUT2D eigenvalue weighted by Crippen LogP contribution is 2.17. The molecule has 10 nitrogen and oxygen atoms in total. The minimum absolute atomic E-state index is 0.00966. The van der Waals surface area contributed by atoms with Crippen molar-refractivity contribution in [1.29, 1.82) is 0 Å². The Morgan fingerprint density at radius 2 is 2.07 bits per heavy atom. The number of carboxylic acid groups (broad SMARTS) is 1. The maximum Gasteiger partial charge on any atom is 0.317 e. The SMILES string of the molecule is CCO[C@H]1CN(C)C[C@@H]1NC(=O)N(C)Cc1nnc(-c2ccccc2)o1.O=CO. The van der Waals surface area contributed by atoms with E-state index >= 15 is 0 Å².